The van der Waals surface area contributed by atoms with Gasteiger partial charge in [0.15, 0.2) is 5.78 Å². The minimum absolute atomic E-state index is 0.263. The Morgan fingerprint density at radius 1 is 1.18 bits per heavy atom. The number of dihydropyridines is 1. The van der Waals surface area contributed by atoms with Crippen molar-refractivity contribution in [2.45, 2.75) is 52.6 Å². The van der Waals surface area contributed by atoms with Crippen LogP contribution in [0.4, 0.5) is 0 Å². The zero-order chi connectivity index (χ0) is 25.2. The molecule has 0 saturated heterocycles. The van der Waals surface area contributed by atoms with Crippen molar-refractivity contribution in [3.8, 4) is 11.5 Å². The van der Waals surface area contributed by atoms with E-state index in [0.717, 1.165) is 0 Å². The number of carbonyl (C=O) groups excluding carboxylic acids is 3. The third-order valence-electron chi connectivity index (χ3n) is 6.59. The Balaban J connectivity index is 2.26. The molecule has 0 amide bonds. The maximum atomic E-state index is 13.8. The van der Waals surface area contributed by atoms with E-state index >= 15 is 0 Å². The molecule has 184 valence electrons. The Morgan fingerprint density at radius 3 is 2.47 bits per heavy atom. The van der Waals surface area contributed by atoms with E-state index in [0.29, 0.717) is 52.4 Å². The average Bonchev–Trinajstić information content (AvgIpc) is 2.82. The number of rotatable bonds is 7. The summed E-state index contributed by atoms with van der Waals surface area (Å²) in [5, 5.41) is 3.26. The van der Waals surface area contributed by atoms with Crippen LogP contribution < -0.4 is 14.8 Å². The number of methoxy groups -OCH3 is 3. The zero-order valence-electron chi connectivity index (χ0n) is 20.8. The number of nitrogens with one attached hydrogen (secondary N) is 1. The Morgan fingerprint density at radius 2 is 1.88 bits per heavy atom. The van der Waals surface area contributed by atoms with Gasteiger partial charge in [-0.05, 0) is 50.8 Å². The molecule has 0 saturated carbocycles. The van der Waals surface area contributed by atoms with E-state index in [4.69, 9.17) is 18.9 Å². The lowest BCUT2D eigenvalue weighted by molar-refractivity contribution is -0.151. The van der Waals surface area contributed by atoms with Gasteiger partial charge in [-0.15, -0.1) is 0 Å². The normalized spacial score (nSPS) is 23.0. The highest BCUT2D eigenvalue weighted by Gasteiger charge is 2.48. The van der Waals surface area contributed by atoms with E-state index in [1.165, 1.54) is 14.2 Å². The second-order valence-electron chi connectivity index (χ2n) is 8.77. The summed E-state index contributed by atoms with van der Waals surface area (Å²) in [5.74, 6) is -2.48. The van der Waals surface area contributed by atoms with Gasteiger partial charge in [0.05, 0.1) is 38.9 Å². The molecule has 0 spiro atoms. The molecule has 0 radical (unpaired) electrons. The largest absolute Gasteiger partial charge is 0.497 e. The second kappa shape index (κ2) is 10.3. The molecule has 34 heavy (non-hydrogen) atoms. The number of ketones is 1. The quantitative estimate of drug-likeness (QED) is 0.475. The fraction of sp³-hybridized carbons (Fsp3) is 0.500. The van der Waals surface area contributed by atoms with Gasteiger partial charge in [0, 0.05) is 22.5 Å². The number of hydrogen-bond acceptors (Lipinski definition) is 8. The van der Waals surface area contributed by atoms with Crippen molar-refractivity contribution in [3.63, 3.8) is 0 Å². The Hall–Kier alpha value is -3.29. The number of carbonyl (C=O) groups is 3. The molecule has 1 heterocycles. The molecular formula is C26H33NO7. The second-order valence-corrected chi connectivity index (χ2v) is 8.77. The van der Waals surface area contributed by atoms with Gasteiger partial charge in [0.25, 0.3) is 0 Å². The van der Waals surface area contributed by atoms with Crippen molar-refractivity contribution in [3.05, 3.63) is 46.3 Å². The van der Waals surface area contributed by atoms with E-state index in [9.17, 15) is 14.4 Å². The highest BCUT2D eigenvalue weighted by atomic mass is 16.5. The van der Waals surface area contributed by atoms with Crippen LogP contribution in [0.5, 0.6) is 11.5 Å². The van der Waals surface area contributed by atoms with Crippen LogP contribution in [-0.4, -0.2) is 45.2 Å². The van der Waals surface area contributed by atoms with Crippen molar-refractivity contribution in [2.75, 3.05) is 21.3 Å². The van der Waals surface area contributed by atoms with Crippen molar-refractivity contribution in [1.82, 2.24) is 5.32 Å². The van der Waals surface area contributed by atoms with E-state index in [1.807, 2.05) is 20.8 Å². The van der Waals surface area contributed by atoms with Gasteiger partial charge in [0.2, 0.25) is 0 Å². The van der Waals surface area contributed by atoms with Gasteiger partial charge in [-0.1, -0.05) is 13.8 Å². The summed E-state index contributed by atoms with van der Waals surface area (Å²) in [7, 11) is 4.34. The standard InChI is InChI=1S/C26H33NO7/c1-8-14(3)34-26(30)21-15(4)27-18-11-13(2)20(25(29)33-7)24(28)23(18)22(21)17-12-16(31-5)9-10-19(17)32-6/h9-10,12-14,20,22,27H,8,11H2,1-7H3/t13-,14-,20-,22+/m0/s1. The predicted octanol–water partition coefficient (Wildman–Crippen LogP) is 3.66. The summed E-state index contributed by atoms with van der Waals surface area (Å²) in [5.41, 5.74) is 2.51. The Labute approximate surface area is 200 Å². The number of hydrogen-bond donors (Lipinski definition) is 1. The first-order valence-corrected chi connectivity index (χ1v) is 11.4. The third kappa shape index (κ3) is 4.54. The molecule has 2 aliphatic rings. The molecule has 1 aromatic carbocycles. The minimum atomic E-state index is -0.963. The van der Waals surface area contributed by atoms with Crippen molar-refractivity contribution >= 4 is 17.7 Å². The van der Waals surface area contributed by atoms with Crippen molar-refractivity contribution in [1.29, 1.82) is 0 Å². The van der Waals surface area contributed by atoms with Gasteiger partial charge in [-0.25, -0.2) is 4.79 Å². The smallest absolute Gasteiger partial charge is 0.337 e. The number of ether oxygens (including phenoxy) is 4. The van der Waals surface area contributed by atoms with Crippen LogP contribution in [0.15, 0.2) is 40.7 Å². The molecule has 0 aromatic heterocycles. The van der Waals surface area contributed by atoms with E-state index in [-0.39, 0.29) is 17.8 Å². The maximum Gasteiger partial charge on any atom is 0.337 e. The Kier molecular flexibility index (Phi) is 7.69. The number of Topliss-reactive ketones (excluding diaryl/α,β-unsaturated/α-hetero) is 1. The number of esters is 2. The molecule has 1 aliphatic heterocycles. The van der Waals surface area contributed by atoms with E-state index in [2.05, 4.69) is 5.32 Å². The molecule has 8 heteroatoms. The molecule has 0 fully saturated rings. The number of benzene rings is 1. The molecule has 8 nitrogen and oxygen atoms in total. The summed E-state index contributed by atoms with van der Waals surface area (Å²) in [6.45, 7) is 7.38. The first kappa shape index (κ1) is 25.3. The molecule has 1 N–H and O–H groups in total. The summed E-state index contributed by atoms with van der Waals surface area (Å²) in [6.07, 6.45) is 0.795. The highest BCUT2D eigenvalue weighted by Crippen LogP contribution is 2.48. The Bertz CT molecular complexity index is 1060. The summed E-state index contributed by atoms with van der Waals surface area (Å²) in [4.78, 5) is 39.8. The molecule has 0 bridgehead atoms. The fourth-order valence-corrected chi connectivity index (χ4v) is 4.66. The molecular weight excluding hydrogens is 438 g/mol. The van der Waals surface area contributed by atoms with Crippen LogP contribution in [-0.2, 0) is 23.9 Å². The predicted molar refractivity (Wildman–Crippen MR) is 125 cm³/mol. The van der Waals surface area contributed by atoms with Gasteiger partial charge < -0.3 is 24.3 Å². The van der Waals surface area contributed by atoms with Crippen molar-refractivity contribution in [2.24, 2.45) is 11.8 Å². The first-order chi connectivity index (χ1) is 16.2. The zero-order valence-corrected chi connectivity index (χ0v) is 20.8. The lowest BCUT2D eigenvalue weighted by Crippen LogP contribution is -2.43. The maximum absolute atomic E-state index is 13.8. The van der Waals surface area contributed by atoms with Crippen molar-refractivity contribution < 1.29 is 33.3 Å². The SMILES string of the molecule is CC[C@H](C)OC(=O)C1=C(C)NC2=C(C(=O)[C@@H](C(=O)OC)[C@@H](C)C2)[C@@H]1c1cc(OC)ccc1OC. The van der Waals surface area contributed by atoms with Crippen LogP contribution >= 0.6 is 0 Å². The van der Waals surface area contributed by atoms with Gasteiger partial charge in [0.1, 0.15) is 17.4 Å². The molecule has 4 atom stereocenters. The lowest BCUT2D eigenvalue weighted by Gasteiger charge is -2.38. The minimum Gasteiger partial charge on any atom is -0.497 e. The molecule has 1 aromatic rings. The molecule has 1 aliphatic carbocycles. The van der Waals surface area contributed by atoms with Gasteiger partial charge in [-0.2, -0.15) is 0 Å². The first-order valence-electron chi connectivity index (χ1n) is 11.4. The van der Waals surface area contributed by atoms with E-state index < -0.39 is 23.8 Å². The molecule has 3 rings (SSSR count). The van der Waals surface area contributed by atoms with Crippen LogP contribution in [0, 0.1) is 11.8 Å². The van der Waals surface area contributed by atoms with Crippen LogP contribution in [0.3, 0.4) is 0 Å². The third-order valence-corrected chi connectivity index (χ3v) is 6.59. The lowest BCUT2D eigenvalue weighted by atomic mass is 9.69. The topological polar surface area (TPSA) is 100 Å². The van der Waals surface area contributed by atoms with Crippen LogP contribution in [0.2, 0.25) is 0 Å². The van der Waals surface area contributed by atoms with Gasteiger partial charge in [-0.3, -0.25) is 9.59 Å². The summed E-state index contributed by atoms with van der Waals surface area (Å²) >= 11 is 0. The van der Waals surface area contributed by atoms with Gasteiger partial charge >= 0.3 is 11.9 Å². The van der Waals surface area contributed by atoms with Crippen LogP contribution in [0.25, 0.3) is 0 Å². The fourth-order valence-electron chi connectivity index (χ4n) is 4.66. The highest BCUT2D eigenvalue weighted by molar-refractivity contribution is 6.12. The van der Waals surface area contributed by atoms with E-state index in [1.54, 1.807) is 32.2 Å². The summed E-state index contributed by atoms with van der Waals surface area (Å²) in [6, 6.07) is 5.23. The average molecular weight is 472 g/mol. The monoisotopic (exact) mass is 471 g/mol. The molecule has 0 unspecified atom stereocenters. The number of allylic oxidation sites excluding steroid dienone is 3. The van der Waals surface area contributed by atoms with Crippen LogP contribution in [0.1, 0.15) is 52.0 Å². The summed E-state index contributed by atoms with van der Waals surface area (Å²) < 4.78 is 21.7.